The standard InChI is InChI=1S/C21H22FN5O2/c1-14-4-3-5-16(12-14)26-8-10-27(11-9-26)21(28)25-19-20(29-2)24-17-7-6-15(22)13-18(17)23-19/h3-7,12-13H,8-11H2,1-2H3,(H,23,25,28). The molecule has 0 atom stereocenters. The highest BCUT2D eigenvalue weighted by atomic mass is 19.1. The first-order valence-electron chi connectivity index (χ1n) is 9.42. The number of aromatic nitrogens is 2. The first-order valence-corrected chi connectivity index (χ1v) is 9.42. The summed E-state index contributed by atoms with van der Waals surface area (Å²) in [7, 11) is 1.45. The molecule has 1 aliphatic heterocycles. The maximum atomic E-state index is 13.5. The maximum absolute atomic E-state index is 13.5. The Hall–Kier alpha value is -3.42. The van der Waals surface area contributed by atoms with Crippen LogP contribution in [0.3, 0.4) is 0 Å². The van der Waals surface area contributed by atoms with Crippen molar-refractivity contribution in [2.75, 3.05) is 43.5 Å². The van der Waals surface area contributed by atoms with E-state index in [-0.39, 0.29) is 17.7 Å². The monoisotopic (exact) mass is 395 g/mol. The van der Waals surface area contributed by atoms with Gasteiger partial charge in [-0.2, -0.15) is 0 Å². The summed E-state index contributed by atoms with van der Waals surface area (Å²) >= 11 is 0. The van der Waals surface area contributed by atoms with Gasteiger partial charge < -0.3 is 14.5 Å². The van der Waals surface area contributed by atoms with E-state index >= 15 is 0 Å². The van der Waals surface area contributed by atoms with Gasteiger partial charge in [0.25, 0.3) is 5.88 Å². The number of anilines is 2. The van der Waals surface area contributed by atoms with Gasteiger partial charge in [0.05, 0.1) is 18.1 Å². The first kappa shape index (κ1) is 18.9. The van der Waals surface area contributed by atoms with Crippen LogP contribution in [-0.4, -0.2) is 54.2 Å². The highest BCUT2D eigenvalue weighted by Crippen LogP contribution is 2.24. The van der Waals surface area contributed by atoms with Gasteiger partial charge in [0.1, 0.15) is 5.82 Å². The molecule has 0 bridgehead atoms. The number of rotatable bonds is 3. The number of hydrogen-bond donors (Lipinski definition) is 1. The molecule has 4 rings (SSSR count). The SMILES string of the molecule is COc1nc2ccc(F)cc2nc1NC(=O)N1CCN(c2cccc(C)c2)CC1. The zero-order valence-corrected chi connectivity index (χ0v) is 16.4. The Morgan fingerprint density at radius 3 is 2.59 bits per heavy atom. The summed E-state index contributed by atoms with van der Waals surface area (Å²) in [5.41, 5.74) is 3.22. The molecule has 1 N–H and O–H groups in total. The lowest BCUT2D eigenvalue weighted by atomic mass is 10.2. The van der Waals surface area contributed by atoms with Gasteiger partial charge in [-0.05, 0) is 36.8 Å². The van der Waals surface area contributed by atoms with Crippen molar-refractivity contribution in [3.8, 4) is 5.88 Å². The Morgan fingerprint density at radius 2 is 1.86 bits per heavy atom. The number of carbonyl (C=O) groups is 1. The van der Waals surface area contributed by atoms with Crippen LogP contribution >= 0.6 is 0 Å². The van der Waals surface area contributed by atoms with Crippen molar-refractivity contribution in [2.24, 2.45) is 0 Å². The molecule has 1 saturated heterocycles. The second-order valence-corrected chi connectivity index (χ2v) is 6.96. The molecular formula is C21H22FN5O2. The lowest BCUT2D eigenvalue weighted by molar-refractivity contribution is 0.208. The summed E-state index contributed by atoms with van der Waals surface area (Å²) in [6, 6.07) is 12.2. The van der Waals surface area contributed by atoms with Gasteiger partial charge in [0.15, 0.2) is 5.82 Å². The number of nitrogens with one attached hydrogen (secondary N) is 1. The lowest BCUT2D eigenvalue weighted by Gasteiger charge is -2.36. The van der Waals surface area contributed by atoms with E-state index in [2.05, 4.69) is 45.3 Å². The van der Waals surface area contributed by atoms with Gasteiger partial charge in [0.2, 0.25) is 0 Å². The summed E-state index contributed by atoms with van der Waals surface area (Å²) in [5.74, 6) is -0.0471. The van der Waals surface area contributed by atoms with Crippen molar-refractivity contribution in [3.05, 3.63) is 53.8 Å². The van der Waals surface area contributed by atoms with Crippen LogP contribution in [0.4, 0.5) is 20.7 Å². The molecule has 2 aromatic carbocycles. The predicted octanol–water partition coefficient (Wildman–Crippen LogP) is 3.44. The molecule has 0 saturated carbocycles. The Morgan fingerprint density at radius 1 is 1.07 bits per heavy atom. The van der Waals surface area contributed by atoms with Crippen molar-refractivity contribution in [3.63, 3.8) is 0 Å². The summed E-state index contributed by atoms with van der Waals surface area (Å²) in [5, 5.41) is 2.75. The largest absolute Gasteiger partial charge is 0.478 e. The molecule has 0 spiro atoms. The fraction of sp³-hybridized carbons (Fsp3) is 0.286. The second kappa shape index (κ2) is 7.90. The Bertz CT molecular complexity index is 1050. The minimum absolute atomic E-state index is 0.178. The Balaban J connectivity index is 1.46. The molecule has 1 aromatic heterocycles. The number of halogens is 1. The average Bonchev–Trinajstić information content (AvgIpc) is 2.73. The summed E-state index contributed by atoms with van der Waals surface area (Å²) in [6.07, 6.45) is 0. The van der Waals surface area contributed by atoms with Crippen LogP contribution in [0.15, 0.2) is 42.5 Å². The van der Waals surface area contributed by atoms with Crippen LogP contribution in [0, 0.1) is 12.7 Å². The molecule has 0 radical (unpaired) electrons. The van der Waals surface area contributed by atoms with E-state index < -0.39 is 5.82 Å². The number of carbonyl (C=O) groups excluding carboxylic acids is 1. The molecule has 1 fully saturated rings. The van der Waals surface area contributed by atoms with Crippen LogP contribution in [0.1, 0.15) is 5.56 Å². The normalized spacial score (nSPS) is 14.2. The van der Waals surface area contributed by atoms with Crippen molar-refractivity contribution >= 4 is 28.6 Å². The minimum atomic E-state index is -0.415. The van der Waals surface area contributed by atoms with E-state index in [1.54, 1.807) is 4.90 Å². The number of piperazine rings is 1. The van der Waals surface area contributed by atoms with Crippen molar-refractivity contribution in [1.82, 2.24) is 14.9 Å². The van der Waals surface area contributed by atoms with Gasteiger partial charge in [-0.1, -0.05) is 12.1 Å². The van der Waals surface area contributed by atoms with Crippen LogP contribution in [0.25, 0.3) is 11.0 Å². The molecule has 0 unspecified atom stereocenters. The number of urea groups is 1. The van der Waals surface area contributed by atoms with Gasteiger partial charge in [-0.3, -0.25) is 5.32 Å². The number of methoxy groups -OCH3 is 1. The Kier molecular flexibility index (Phi) is 5.16. The lowest BCUT2D eigenvalue weighted by Crippen LogP contribution is -2.50. The molecule has 0 aliphatic carbocycles. The van der Waals surface area contributed by atoms with E-state index in [1.807, 2.05) is 6.07 Å². The molecule has 29 heavy (non-hydrogen) atoms. The fourth-order valence-corrected chi connectivity index (χ4v) is 3.41. The van der Waals surface area contributed by atoms with Crippen molar-refractivity contribution in [1.29, 1.82) is 0 Å². The summed E-state index contributed by atoms with van der Waals surface area (Å²) in [6.45, 7) is 4.71. The zero-order valence-electron chi connectivity index (χ0n) is 16.4. The molecular weight excluding hydrogens is 373 g/mol. The van der Waals surface area contributed by atoms with Crippen LogP contribution in [-0.2, 0) is 0 Å². The highest BCUT2D eigenvalue weighted by Gasteiger charge is 2.23. The van der Waals surface area contributed by atoms with E-state index in [0.29, 0.717) is 24.1 Å². The third kappa shape index (κ3) is 4.06. The van der Waals surface area contributed by atoms with Crippen molar-refractivity contribution < 1.29 is 13.9 Å². The number of aryl methyl sites for hydroxylation is 1. The molecule has 3 aromatic rings. The quantitative estimate of drug-likeness (QED) is 0.736. The van der Waals surface area contributed by atoms with E-state index in [9.17, 15) is 9.18 Å². The van der Waals surface area contributed by atoms with E-state index in [1.165, 1.54) is 30.9 Å². The molecule has 7 nitrogen and oxygen atoms in total. The third-order valence-corrected chi connectivity index (χ3v) is 4.95. The van der Waals surface area contributed by atoms with Gasteiger partial charge in [-0.15, -0.1) is 0 Å². The maximum Gasteiger partial charge on any atom is 0.323 e. The summed E-state index contributed by atoms with van der Waals surface area (Å²) < 4.78 is 18.8. The smallest absolute Gasteiger partial charge is 0.323 e. The fourth-order valence-electron chi connectivity index (χ4n) is 3.41. The van der Waals surface area contributed by atoms with E-state index in [4.69, 9.17) is 4.74 Å². The van der Waals surface area contributed by atoms with E-state index in [0.717, 1.165) is 18.8 Å². The highest BCUT2D eigenvalue weighted by molar-refractivity contribution is 5.91. The first-order chi connectivity index (χ1) is 14.0. The van der Waals surface area contributed by atoms with Gasteiger partial charge >= 0.3 is 6.03 Å². The summed E-state index contributed by atoms with van der Waals surface area (Å²) in [4.78, 5) is 25.3. The minimum Gasteiger partial charge on any atom is -0.478 e. The Labute approximate surface area is 168 Å². The average molecular weight is 395 g/mol. The van der Waals surface area contributed by atoms with Crippen molar-refractivity contribution in [2.45, 2.75) is 6.92 Å². The molecule has 1 aliphatic rings. The molecule has 150 valence electrons. The molecule has 2 heterocycles. The second-order valence-electron chi connectivity index (χ2n) is 6.96. The van der Waals surface area contributed by atoms with Gasteiger partial charge in [0, 0.05) is 37.9 Å². The number of hydrogen-bond acceptors (Lipinski definition) is 5. The topological polar surface area (TPSA) is 70.6 Å². The number of amides is 2. The third-order valence-electron chi connectivity index (χ3n) is 4.95. The number of benzene rings is 2. The van der Waals surface area contributed by atoms with Crippen LogP contribution < -0.4 is 15.0 Å². The number of ether oxygens (including phenoxy) is 1. The predicted molar refractivity (Wildman–Crippen MR) is 110 cm³/mol. The molecule has 2 amide bonds. The zero-order chi connectivity index (χ0) is 20.4. The van der Waals surface area contributed by atoms with Crippen LogP contribution in [0.2, 0.25) is 0 Å². The van der Waals surface area contributed by atoms with Crippen LogP contribution in [0.5, 0.6) is 5.88 Å². The van der Waals surface area contributed by atoms with Gasteiger partial charge in [-0.25, -0.2) is 19.2 Å². The molecule has 8 heteroatoms. The number of fused-ring (bicyclic) bond motifs is 1. The number of nitrogens with zero attached hydrogens (tertiary/aromatic N) is 4.